The highest BCUT2D eigenvalue weighted by atomic mass is 32.2. The number of pyridine rings is 2. The smallest absolute Gasteiger partial charge is 0.418 e. The van der Waals surface area contributed by atoms with Crippen LogP contribution >= 0.6 is 11.9 Å². The molecule has 0 amide bonds. The lowest BCUT2D eigenvalue weighted by Crippen LogP contribution is -2.43. The Morgan fingerprint density at radius 2 is 1.81 bits per heavy atom. The summed E-state index contributed by atoms with van der Waals surface area (Å²) in [6, 6.07) is 14.9. The molecule has 0 spiro atoms. The average molecular weight is 531 g/mol. The summed E-state index contributed by atoms with van der Waals surface area (Å²) in [5.74, 6) is 0.913. The second-order valence-corrected chi connectivity index (χ2v) is 10.0. The number of carbonyl (C=O) groups is 1. The normalized spacial score (nSPS) is 15.4. The number of aromatic nitrogens is 2. The molecule has 0 bridgehead atoms. The first kappa shape index (κ1) is 26.8. The fourth-order valence-electron chi connectivity index (χ4n) is 4.27. The molecule has 0 unspecified atom stereocenters. The van der Waals surface area contributed by atoms with Crippen molar-refractivity contribution in [2.75, 3.05) is 29.3 Å². The molecular weight excluding hydrogens is 501 g/mol. The number of ether oxygens (including phenoxy) is 1. The largest absolute Gasteiger partial charge is 0.466 e. The van der Waals surface area contributed by atoms with Crippen LogP contribution in [-0.2, 0) is 15.7 Å². The number of rotatable bonds is 7. The summed E-state index contributed by atoms with van der Waals surface area (Å²) in [4.78, 5) is 23.4. The fourth-order valence-corrected chi connectivity index (χ4v) is 4.88. The molecule has 1 aromatic carbocycles. The molecular formula is C27H29F3N4O2S. The van der Waals surface area contributed by atoms with Gasteiger partial charge in [-0.1, -0.05) is 30.3 Å². The maximum absolute atomic E-state index is 13.7. The summed E-state index contributed by atoms with van der Waals surface area (Å²) in [5, 5.41) is 0.648. The molecule has 10 heteroatoms. The van der Waals surface area contributed by atoms with Crippen LogP contribution in [0.4, 0.5) is 24.8 Å². The molecule has 37 heavy (non-hydrogen) atoms. The fraction of sp³-hybridized carbons (Fsp3) is 0.370. The van der Waals surface area contributed by atoms with Crippen molar-refractivity contribution in [1.29, 1.82) is 0 Å². The lowest BCUT2D eigenvalue weighted by atomic mass is 9.80. The first-order valence-electron chi connectivity index (χ1n) is 12.1. The number of anilines is 2. The Hall–Kier alpha value is -3.27. The summed E-state index contributed by atoms with van der Waals surface area (Å²) < 4.78 is 49.4. The Morgan fingerprint density at radius 3 is 2.49 bits per heavy atom. The second-order valence-electron chi connectivity index (χ2n) is 9.21. The van der Waals surface area contributed by atoms with Gasteiger partial charge in [0.05, 0.1) is 23.3 Å². The van der Waals surface area contributed by atoms with Gasteiger partial charge in [0, 0.05) is 30.6 Å². The third-order valence-corrected chi connectivity index (χ3v) is 7.28. The van der Waals surface area contributed by atoms with Gasteiger partial charge in [-0.25, -0.2) is 9.97 Å². The van der Waals surface area contributed by atoms with Crippen molar-refractivity contribution < 1.29 is 22.7 Å². The molecule has 6 nitrogen and oxygen atoms in total. The number of piperidine rings is 1. The zero-order chi connectivity index (χ0) is 26.6. The van der Waals surface area contributed by atoms with Crippen LogP contribution in [0.1, 0.15) is 37.8 Å². The quantitative estimate of drug-likeness (QED) is 0.267. The van der Waals surface area contributed by atoms with E-state index in [1.165, 1.54) is 18.0 Å². The molecule has 1 saturated heterocycles. The highest BCUT2D eigenvalue weighted by Gasteiger charge is 2.38. The lowest BCUT2D eigenvalue weighted by molar-refractivity contribution is -0.155. The van der Waals surface area contributed by atoms with E-state index in [0.717, 1.165) is 11.9 Å². The van der Waals surface area contributed by atoms with Crippen LogP contribution in [-0.4, -0.2) is 35.6 Å². The topological polar surface area (TPSA) is 67.3 Å². The minimum absolute atomic E-state index is 0.115. The van der Waals surface area contributed by atoms with Crippen LogP contribution in [0.2, 0.25) is 0 Å². The van der Waals surface area contributed by atoms with Gasteiger partial charge in [0.15, 0.2) is 0 Å². The lowest BCUT2D eigenvalue weighted by Gasteiger charge is -2.38. The molecule has 196 valence electrons. The molecule has 3 aromatic rings. The zero-order valence-corrected chi connectivity index (χ0v) is 21.7. The van der Waals surface area contributed by atoms with E-state index in [2.05, 4.69) is 14.6 Å². The van der Waals surface area contributed by atoms with E-state index in [1.54, 1.807) is 38.1 Å². The molecule has 0 atom stereocenters. The molecule has 2 aromatic heterocycles. The predicted octanol–water partition coefficient (Wildman–Crippen LogP) is 6.76. The number of hydrogen-bond acceptors (Lipinski definition) is 7. The van der Waals surface area contributed by atoms with Crippen molar-refractivity contribution in [1.82, 2.24) is 9.97 Å². The third kappa shape index (κ3) is 6.18. The third-order valence-electron chi connectivity index (χ3n) is 6.53. The van der Waals surface area contributed by atoms with Crippen LogP contribution in [0.3, 0.4) is 0 Å². The van der Waals surface area contributed by atoms with Crippen LogP contribution in [0, 0.1) is 12.3 Å². The number of esters is 1. The van der Waals surface area contributed by atoms with E-state index in [4.69, 9.17) is 9.72 Å². The van der Waals surface area contributed by atoms with Gasteiger partial charge in [-0.3, -0.25) is 4.79 Å². The van der Waals surface area contributed by atoms with Crippen LogP contribution in [0.15, 0.2) is 59.6 Å². The van der Waals surface area contributed by atoms with E-state index in [1.807, 2.05) is 25.1 Å². The maximum atomic E-state index is 13.7. The molecule has 1 N–H and O–H groups in total. The monoisotopic (exact) mass is 530 g/mol. The van der Waals surface area contributed by atoms with Crippen LogP contribution in [0.5, 0.6) is 0 Å². The summed E-state index contributed by atoms with van der Waals surface area (Å²) in [7, 11) is 0. The van der Waals surface area contributed by atoms with Gasteiger partial charge in [-0.15, -0.1) is 0 Å². The number of benzene rings is 1. The van der Waals surface area contributed by atoms with E-state index in [-0.39, 0.29) is 11.7 Å². The van der Waals surface area contributed by atoms with Crippen LogP contribution in [0.25, 0.3) is 11.3 Å². The van der Waals surface area contributed by atoms with Gasteiger partial charge >= 0.3 is 12.1 Å². The van der Waals surface area contributed by atoms with Gasteiger partial charge in [0.25, 0.3) is 0 Å². The first-order chi connectivity index (χ1) is 17.6. The molecule has 1 aliphatic rings. The average Bonchev–Trinajstić information content (AvgIpc) is 2.88. The summed E-state index contributed by atoms with van der Waals surface area (Å²) in [6.45, 7) is 7.22. The van der Waals surface area contributed by atoms with Gasteiger partial charge in [-0.05, 0) is 63.4 Å². The predicted molar refractivity (Wildman–Crippen MR) is 139 cm³/mol. The van der Waals surface area contributed by atoms with Crippen molar-refractivity contribution in [3.63, 3.8) is 0 Å². The minimum Gasteiger partial charge on any atom is -0.466 e. The van der Waals surface area contributed by atoms with Crippen molar-refractivity contribution in [3.05, 3.63) is 65.7 Å². The first-order valence-corrected chi connectivity index (χ1v) is 12.9. The Bertz CT molecular complexity index is 1260. The molecule has 0 saturated carbocycles. The standard InChI is InChI=1S/C27H29F3N4O2S/c1-4-36-25(35)26(3)14-16-34(17-15-26)22-10-7-11-23(32-22)37-33-21-13-12-20(27(28,29)30)24(31-21)19-9-6-5-8-18(19)2/h5-13H,4,14-17H2,1-3H3,(H,31,33). The Labute approximate surface area is 218 Å². The van der Waals surface area contributed by atoms with Crippen LogP contribution < -0.4 is 9.62 Å². The van der Waals surface area contributed by atoms with Gasteiger partial charge in [-0.2, -0.15) is 13.2 Å². The van der Waals surface area contributed by atoms with Crippen molar-refractivity contribution >= 4 is 29.6 Å². The van der Waals surface area contributed by atoms with Gasteiger partial charge in [0.2, 0.25) is 0 Å². The van der Waals surface area contributed by atoms with Gasteiger partial charge in [0.1, 0.15) is 16.7 Å². The molecule has 1 fully saturated rings. The number of nitrogens with zero attached hydrogens (tertiary/aromatic N) is 3. The van der Waals surface area contributed by atoms with Crippen molar-refractivity contribution in [2.45, 2.75) is 44.8 Å². The molecule has 0 radical (unpaired) electrons. The van der Waals surface area contributed by atoms with Crippen molar-refractivity contribution in [2.24, 2.45) is 5.41 Å². The van der Waals surface area contributed by atoms with E-state index >= 15 is 0 Å². The van der Waals surface area contributed by atoms with Crippen molar-refractivity contribution in [3.8, 4) is 11.3 Å². The summed E-state index contributed by atoms with van der Waals surface area (Å²) in [6.07, 6.45) is -3.19. The highest BCUT2D eigenvalue weighted by Crippen LogP contribution is 2.38. The highest BCUT2D eigenvalue weighted by molar-refractivity contribution is 8.00. The van der Waals surface area contributed by atoms with E-state index in [9.17, 15) is 18.0 Å². The second kappa shape index (κ2) is 11.0. The van der Waals surface area contributed by atoms with E-state index < -0.39 is 17.2 Å². The SMILES string of the molecule is CCOC(=O)C1(C)CCN(c2cccc(SNc3ccc(C(F)(F)F)c(-c4ccccc4C)n3)n2)CC1. The Morgan fingerprint density at radius 1 is 1.08 bits per heavy atom. The maximum Gasteiger partial charge on any atom is 0.418 e. The number of hydrogen-bond donors (Lipinski definition) is 1. The summed E-state index contributed by atoms with van der Waals surface area (Å²) in [5.41, 5.74) is -0.249. The molecule has 0 aliphatic carbocycles. The molecule has 4 rings (SSSR count). The number of nitrogens with one attached hydrogen (secondary N) is 1. The Balaban J connectivity index is 1.48. The zero-order valence-electron chi connectivity index (χ0n) is 20.9. The number of halogens is 3. The Kier molecular flexibility index (Phi) is 7.96. The summed E-state index contributed by atoms with van der Waals surface area (Å²) >= 11 is 1.18. The minimum atomic E-state index is -4.52. The number of alkyl halides is 3. The number of aryl methyl sites for hydroxylation is 1. The van der Waals surface area contributed by atoms with E-state index in [0.29, 0.717) is 54.5 Å². The number of carbonyl (C=O) groups excluding carboxylic acids is 1. The molecule has 3 heterocycles. The van der Waals surface area contributed by atoms with Gasteiger partial charge < -0.3 is 14.4 Å². The molecule has 1 aliphatic heterocycles.